The molecule has 0 bridgehead atoms. The van der Waals surface area contributed by atoms with E-state index < -0.39 is 5.97 Å². The number of rotatable bonds is 5. The standard InChI is InChI=1S/C15H19NO4/c1-9-5-6-12(19-9)10(2)16-11(3)13-7-8-14(20-13)15(17)18-4/h5-8,10-11,16H,1-4H3. The van der Waals surface area contributed by atoms with Crippen LogP contribution >= 0.6 is 0 Å². The molecule has 20 heavy (non-hydrogen) atoms. The van der Waals surface area contributed by atoms with Crippen molar-refractivity contribution in [3.05, 3.63) is 47.3 Å². The van der Waals surface area contributed by atoms with Crippen LogP contribution < -0.4 is 5.32 Å². The monoisotopic (exact) mass is 277 g/mol. The van der Waals surface area contributed by atoms with Crippen molar-refractivity contribution in [3.63, 3.8) is 0 Å². The van der Waals surface area contributed by atoms with E-state index in [0.29, 0.717) is 5.76 Å². The van der Waals surface area contributed by atoms with Gasteiger partial charge in [0.05, 0.1) is 19.2 Å². The average Bonchev–Trinajstić information content (AvgIpc) is 3.06. The van der Waals surface area contributed by atoms with Gasteiger partial charge in [-0.25, -0.2) is 4.79 Å². The van der Waals surface area contributed by atoms with E-state index in [1.165, 1.54) is 7.11 Å². The Morgan fingerprint density at radius 2 is 1.70 bits per heavy atom. The number of methoxy groups -OCH3 is 1. The summed E-state index contributed by atoms with van der Waals surface area (Å²) in [6.45, 7) is 5.89. The van der Waals surface area contributed by atoms with Gasteiger partial charge in [0.15, 0.2) is 0 Å². The molecule has 0 aromatic carbocycles. The highest BCUT2D eigenvalue weighted by molar-refractivity contribution is 5.86. The van der Waals surface area contributed by atoms with Crippen molar-refractivity contribution >= 4 is 5.97 Å². The summed E-state index contributed by atoms with van der Waals surface area (Å²) in [5, 5.41) is 3.36. The highest BCUT2D eigenvalue weighted by Gasteiger charge is 2.18. The summed E-state index contributed by atoms with van der Waals surface area (Å²) in [6.07, 6.45) is 0. The number of carbonyl (C=O) groups excluding carboxylic acids is 1. The molecule has 5 heteroatoms. The van der Waals surface area contributed by atoms with Crippen molar-refractivity contribution in [1.29, 1.82) is 0 Å². The van der Waals surface area contributed by atoms with Gasteiger partial charge in [0.2, 0.25) is 5.76 Å². The van der Waals surface area contributed by atoms with Crippen molar-refractivity contribution in [1.82, 2.24) is 5.32 Å². The van der Waals surface area contributed by atoms with Crippen LogP contribution in [0, 0.1) is 6.92 Å². The molecule has 0 spiro atoms. The lowest BCUT2D eigenvalue weighted by Crippen LogP contribution is -2.21. The third-order valence-corrected chi connectivity index (χ3v) is 3.13. The predicted octanol–water partition coefficient (Wildman–Crippen LogP) is 3.38. The highest BCUT2D eigenvalue weighted by atomic mass is 16.5. The molecule has 0 aliphatic carbocycles. The van der Waals surface area contributed by atoms with Crippen LogP contribution in [0.5, 0.6) is 0 Å². The van der Waals surface area contributed by atoms with Crippen LogP contribution in [-0.2, 0) is 4.74 Å². The summed E-state index contributed by atoms with van der Waals surface area (Å²) < 4.78 is 15.7. The summed E-state index contributed by atoms with van der Waals surface area (Å²) in [5.74, 6) is 2.16. The van der Waals surface area contributed by atoms with Gasteiger partial charge in [0.25, 0.3) is 0 Å². The fraction of sp³-hybridized carbons (Fsp3) is 0.400. The van der Waals surface area contributed by atoms with Gasteiger partial charge in [0.1, 0.15) is 17.3 Å². The third kappa shape index (κ3) is 3.11. The Labute approximate surface area is 117 Å². The van der Waals surface area contributed by atoms with E-state index in [1.54, 1.807) is 12.1 Å². The van der Waals surface area contributed by atoms with Crippen LogP contribution in [0.3, 0.4) is 0 Å². The molecule has 0 fully saturated rings. The minimum atomic E-state index is -0.474. The second kappa shape index (κ2) is 5.96. The maximum absolute atomic E-state index is 11.3. The van der Waals surface area contributed by atoms with E-state index in [2.05, 4.69) is 10.1 Å². The van der Waals surface area contributed by atoms with Crippen molar-refractivity contribution in [3.8, 4) is 0 Å². The molecule has 2 heterocycles. The average molecular weight is 277 g/mol. The van der Waals surface area contributed by atoms with Gasteiger partial charge in [-0.3, -0.25) is 5.32 Å². The zero-order valence-corrected chi connectivity index (χ0v) is 12.1. The van der Waals surface area contributed by atoms with E-state index in [-0.39, 0.29) is 17.8 Å². The first-order valence-corrected chi connectivity index (χ1v) is 6.51. The molecule has 2 atom stereocenters. The molecule has 0 aliphatic rings. The first kappa shape index (κ1) is 14.4. The summed E-state index contributed by atoms with van der Waals surface area (Å²) in [7, 11) is 1.33. The topological polar surface area (TPSA) is 64.6 Å². The maximum atomic E-state index is 11.3. The Morgan fingerprint density at radius 3 is 2.25 bits per heavy atom. The molecule has 0 amide bonds. The van der Waals surface area contributed by atoms with E-state index >= 15 is 0 Å². The van der Waals surface area contributed by atoms with E-state index in [9.17, 15) is 4.79 Å². The molecule has 0 aliphatic heterocycles. The van der Waals surface area contributed by atoms with Crippen LogP contribution in [0.1, 0.15) is 53.8 Å². The summed E-state index contributed by atoms with van der Waals surface area (Å²) in [5.41, 5.74) is 0. The normalized spacial score (nSPS) is 14.0. The molecule has 0 saturated heterocycles. The Kier molecular flexibility index (Phi) is 4.29. The van der Waals surface area contributed by atoms with E-state index in [0.717, 1.165) is 11.5 Å². The van der Waals surface area contributed by atoms with Crippen molar-refractivity contribution in [2.24, 2.45) is 0 Å². The number of hydrogen-bond acceptors (Lipinski definition) is 5. The number of aryl methyl sites for hydroxylation is 1. The fourth-order valence-corrected chi connectivity index (χ4v) is 2.02. The largest absolute Gasteiger partial charge is 0.465 e. The molecule has 5 nitrogen and oxygen atoms in total. The first-order chi connectivity index (χ1) is 9.51. The van der Waals surface area contributed by atoms with Crippen molar-refractivity contribution in [2.45, 2.75) is 32.9 Å². The lowest BCUT2D eigenvalue weighted by atomic mass is 10.2. The number of hydrogen-bond donors (Lipinski definition) is 1. The van der Waals surface area contributed by atoms with Crippen LogP contribution in [0.15, 0.2) is 33.1 Å². The SMILES string of the molecule is COC(=O)c1ccc(C(C)NC(C)c2ccc(C)o2)o1. The Morgan fingerprint density at radius 1 is 1.10 bits per heavy atom. The van der Waals surface area contributed by atoms with Gasteiger partial charge < -0.3 is 13.6 Å². The number of carbonyl (C=O) groups is 1. The van der Waals surface area contributed by atoms with Gasteiger partial charge in [-0.1, -0.05) is 0 Å². The molecule has 2 unspecified atom stereocenters. The highest BCUT2D eigenvalue weighted by Crippen LogP contribution is 2.22. The molecular weight excluding hydrogens is 258 g/mol. The second-order valence-electron chi connectivity index (χ2n) is 4.75. The maximum Gasteiger partial charge on any atom is 0.373 e. The fourth-order valence-electron chi connectivity index (χ4n) is 2.02. The van der Waals surface area contributed by atoms with Crippen LogP contribution in [-0.4, -0.2) is 13.1 Å². The lowest BCUT2D eigenvalue weighted by Gasteiger charge is -2.16. The van der Waals surface area contributed by atoms with Gasteiger partial charge in [-0.15, -0.1) is 0 Å². The van der Waals surface area contributed by atoms with Crippen molar-refractivity contribution in [2.75, 3.05) is 7.11 Å². The Hall–Kier alpha value is -2.01. The van der Waals surface area contributed by atoms with Crippen LogP contribution in [0.25, 0.3) is 0 Å². The van der Waals surface area contributed by atoms with Gasteiger partial charge >= 0.3 is 5.97 Å². The summed E-state index contributed by atoms with van der Waals surface area (Å²) >= 11 is 0. The van der Waals surface area contributed by atoms with Gasteiger partial charge in [0, 0.05) is 0 Å². The molecule has 0 saturated carbocycles. The first-order valence-electron chi connectivity index (χ1n) is 6.51. The second-order valence-corrected chi connectivity index (χ2v) is 4.75. The van der Waals surface area contributed by atoms with E-state index in [4.69, 9.17) is 8.83 Å². The zero-order chi connectivity index (χ0) is 14.7. The lowest BCUT2D eigenvalue weighted by molar-refractivity contribution is 0.0562. The Bertz CT molecular complexity index is 584. The third-order valence-electron chi connectivity index (χ3n) is 3.13. The van der Waals surface area contributed by atoms with Gasteiger partial charge in [-0.05, 0) is 45.0 Å². The minimum Gasteiger partial charge on any atom is -0.465 e. The quantitative estimate of drug-likeness (QED) is 0.849. The molecule has 108 valence electrons. The Balaban J connectivity index is 2.02. The minimum absolute atomic E-state index is 0.0466. The molecule has 2 aromatic rings. The number of furan rings is 2. The van der Waals surface area contributed by atoms with Crippen molar-refractivity contribution < 1.29 is 18.4 Å². The smallest absolute Gasteiger partial charge is 0.373 e. The summed E-state index contributed by atoms with van der Waals surface area (Å²) in [4.78, 5) is 11.3. The predicted molar refractivity (Wildman–Crippen MR) is 73.5 cm³/mol. The zero-order valence-electron chi connectivity index (χ0n) is 12.1. The number of esters is 1. The molecule has 2 aromatic heterocycles. The summed E-state index contributed by atoms with van der Waals surface area (Å²) in [6, 6.07) is 7.26. The van der Waals surface area contributed by atoms with Gasteiger partial charge in [-0.2, -0.15) is 0 Å². The van der Waals surface area contributed by atoms with Crippen LogP contribution in [0.4, 0.5) is 0 Å². The molecular formula is C15H19NO4. The number of nitrogens with one attached hydrogen (secondary N) is 1. The molecule has 1 N–H and O–H groups in total. The van der Waals surface area contributed by atoms with E-state index in [1.807, 2.05) is 32.9 Å². The molecule has 2 rings (SSSR count). The molecule has 0 radical (unpaired) electrons. The van der Waals surface area contributed by atoms with Crippen LogP contribution in [0.2, 0.25) is 0 Å². The number of ether oxygens (including phenoxy) is 1.